The Morgan fingerprint density at radius 3 is 2.72 bits per heavy atom. The number of amides is 1. The minimum Gasteiger partial charge on any atom is -0.480 e. The van der Waals surface area contributed by atoms with Gasteiger partial charge in [-0.25, -0.2) is 9.78 Å². The number of aromatic nitrogens is 2. The molecule has 8 heteroatoms. The zero-order chi connectivity index (χ0) is 18.4. The number of aliphatic carboxylic acids is 1. The highest BCUT2D eigenvalue weighted by atomic mass is 32.2. The first kappa shape index (κ1) is 19.1. The predicted octanol–water partition coefficient (Wildman–Crippen LogP) is 3.13. The summed E-state index contributed by atoms with van der Waals surface area (Å²) in [7, 11) is 0. The van der Waals surface area contributed by atoms with E-state index in [1.807, 2.05) is 45.0 Å². The zero-order valence-corrected chi connectivity index (χ0v) is 15.4. The first-order chi connectivity index (χ1) is 11.8. The fraction of sp³-hybridized carbons (Fsp3) is 0.471. The molecule has 1 aromatic carbocycles. The molecule has 0 bridgehead atoms. The molecule has 0 aliphatic heterocycles. The van der Waals surface area contributed by atoms with E-state index in [2.05, 4.69) is 10.3 Å². The standard InChI is InChI=1S/C17H23N3O4S/c1-17(2,3)24-16(23)18-9-6-10-25-15-19-12-7-4-5-8-13(12)20(15)11-14(21)22/h4-5,7-8H,6,9-11H2,1-3H3,(H,18,23)(H,21,22). The molecule has 0 aliphatic carbocycles. The second-order valence-corrected chi connectivity index (χ2v) is 7.56. The quantitative estimate of drug-likeness (QED) is 0.578. The fourth-order valence-corrected chi connectivity index (χ4v) is 3.14. The van der Waals surface area contributed by atoms with Crippen molar-refractivity contribution < 1.29 is 19.4 Å². The summed E-state index contributed by atoms with van der Waals surface area (Å²) in [6.07, 6.45) is 0.288. The van der Waals surface area contributed by atoms with Crippen LogP contribution in [0.3, 0.4) is 0 Å². The summed E-state index contributed by atoms with van der Waals surface area (Å²) in [6.45, 7) is 5.81. The average molecular weight is 365 g/mol. The van der Waals surface area contributed by atoms with Gasteiger partial charge in [0, 0.05) is 12.3 Å². The zero-order valence-electron chi connectivity index (χ0n) is 14.6. The third-order valence-electron chi connectivity index (χ3n) is 3.13. The molecule has 2 N–H and O–H groups in total. The Kier molecular flexibility index (Phi) is 6.30. The number of ether oxygens (including phenoxy) is 1. The highest BCUT2D eigenvalue weighted by Crippen LogP contribution is 2.24. The number of carboxylic acid groups (broad SMARTS) is 1. The van der Waals surface area contributed by atoms with Crippen LogP contribution in [-0.2, 0) is 16.1 Å². The summed E-state index contributed by atoms with van der Waals surface area (Å²) >= 11 is 1.48. The Morgan fingerprint density at radius 2 is 2.04 bits per heavy atom. The largest absolute Gasteiger partial charge is 0.480 e. The van der Waals surface area contributed by atoms with Gasteiger partial charge >= 0.3 is 12.1 Å². The molecule has 136 valence electrons. The first-order valence-corrected chi connectivity index (χ1v) is 9.01. The number of rotatable bonds is 7. The van der Waals surface area contributed by atoms with E-state index in [4.69, 9.17) is 9.84 Å². The summed E-state index contributed by atoms with van der Waals surface area (Å²) in [6, 6.07) is 7.46. The van der Waals surface area contributed by atoms with E-state index in [1.165, 1.54) is 11.8 Å². The van der Waals surface area contributed by atoms with Crippen LogP contribution in [0.25, 0.3) is 11.0 Å². The number of hydrogen-bond acceptors (Lipinski definition) is 5. The highest BCUT2D eigenvalue weighted by Gasteiger charge is 2.16. The molecular formula is C17H23N3O4S. The molecule has 1 heterocycles. The van der Waals surface area contributed by atoms with Crippen molar-refractivity contribution in [2.24, 2.45) is 0 Å². The second kappa shape index (κ2) is 8.24. The lowest BCUT2D eigenvalue weighted by Crippen LogP contribution is -2.33. The third kappa shape index (κ3) is 5.97. The molecule has 0 saturated heterocycles. The van der Waals surface area contributed by atoms with Gasteiger partial charge in [0.15, 0.2) is 5.16 Å². The number of para-hydroxylation sites is 2. The van der Waals surface area contributed by atoms with Crippen LogP contribution in [0.4, 0.5) is 4.79 Å². The number of imidazole rings is 1. The van der Waals surface area contributed by atoms with Crippen LogP contribution in [-0.4, -0.2) is 44.6 Å². The molecule has 2 rings (SSSR count). The van der Waals surface area contributed by atoms with Gasteiger partial charge in [0.25, 0.3) is 0 Å². The van der Waals surface area contributed by atoms with E-state index in [9.17, 15) is 9.59 Å². The van der Waals surface area contributed by atoms with Crippen molar-refractivity contribution in [3.05, 3.63) is 24.3 Å². The predicted molar refractivity (Wildman–Crippen MR) is 96.9 cm³/mol. The van der Waals surface area contributed by atoms with E-state index in [1.54, 1.807) is 4.57 Å². The smallest absolute Gasteiger partial charge is 0.407 e. The molecule has 1 amide bonds. The first-order valence-electron chi connectivity index (χ1n) is 8.03. The number of hydrogen-bond donors (Lipinski definition) is 2. The van der Waals surface area contributed by atoms with Crippen molar-refractivity contribution in [1.82, 2.24) is 14.9 Å². The van der Waals surface area contributed by atoms with Gasteiger partial charge in [-0.3, -0.25) is 4.79 Å². The number of carboxylic acids is 1. The third-order valence-corrected chi connectivity index (χ3v) is 4.20. The van der Waals surface area contributed by atoms with Gasteiger partial charge in [-0.1, -0.05) is 23.9 Å². The summed E-state index contributed by atoms with van der Waals surface area (Å²) in [5, 5.41) is 12.5. The van der Waals surface area contributed by atoms with Crippen LogP contribution in [0.5, 0.6) is 0 Å². The van der Waals surface area contributed by atoms with Crippen LogP contribution in [0.2, 0.25) is 0 Å². The Labute approximate surface area is 150 Å². The van der Waals surface area contributed by atoms with Crippen LogP contribution < -0.4 is 5.32 Å². The van der Waals surface area contributed by atoms with E-state index in [0.29, 0.717) is 17.5 Å². The Balaban J connectivity index is 1.88. The van der Waals surface area contributed by atoms with Crippen LogP contribution in [0.1, 0.15) is 27.2 Å². The van der Waals surface area contributed by atoms with E-state index >= 15 is 0 Å². The van der Waals surface area contributed by atoms with E-state index in [-0.39, 0.29) is 6.54 Å². The normalized spacial score (nSPS) is 11.5. The molecule has 0 aliphatic rings. The van der Waals surface area contributed by atoms with Crippen molar-refractivity contribution in [1.29, 1.82) is 0 Å². The fourth-order valence-electron chi connectivity index (χ4n) is 2.19. The van der Waals surface area contributed by atoms with E-state index < -0.39 is 17.7 Å². The van der Waals surface area contributed by atoms with Gasteiger partial charge in [0.1, 0.15) is 12.1 Å². The summed E-state index contributed by atoms with van der Waals surface area (Å²) < 4.78 is 6.86. The maximum atomic E-state index is 11.6. The minimum atomic E-state index is -0.906. The minimum absolute atomic E-state index is 0.126. The molecule has 0 atom stereocenters. The lowest BCUT2D eigenvalue weighted by atomic mass is 10.2. The van der Waals surface area contributed by atoms with Crippen molar-refractivity contribution >= 4 is 34.9 Å². The summed E-state index contributed by atoms with van der Waals surface area (Å²) in [5.74, 6) is -0.199. The van der Waals surface area contributed by atoms with Crippen molar-refractivity contribution in [3.63, 3.8) is 0 Å². The number of carbonyl (C=O) groups is 2. The molecule has 7 nitrogen and oxygen atoms in total. The van der Waals surface area contributed by atoms with Gasteiger partial charge in [0.2, 0.25) is 0 Å². The van der Waals surface area contributed by atoms with Crippen molar-refractivity contribution in [3.8, 4) is 0 Å². The SMILES string of the molecule is CC(C)(C)OC(=O)NCCCSc1nc2ccccc2n1CC(=O)O. The summed E-state index contributed by atoms with van der Waals surface area (Å²) in [5.41, 5.74) is 1.07. The van der Waals surface area contributed by atoms with Crippen LogP contribution in [0.15, 0.2) is 29.4 Å². The van der Waals surface area contributed by atoms with Crippen molar-refractivity contribution in [2.75, 3.05) is 12.3 Å². The molecule has 0 saturated carbocycles. The number of nitrogens with zero attached hydrogens (tertiary/aromatic N) is 2. The average Bonchev–Trinajstić information content (AvgIpc) is 2.82. The molecule has 0 unspecified atom stereocenters. The number of fused-ring (bicyclic) bond motifs is 1. The number of nitrogens with one attached hydrogen (secondary N) is 1. The van der Waals surface area contributed by atoms with Gasteiger partial charge in [0.05, 0.1) is 11.0 Å². The van der Waals surface area contributed by atoms with Gasteiger partial charge in [-0.05, 0) is 39.3 Å². The Bertz CT molecular complexity index is 752. The molecule has 1 aromatic heterocycles. The second-order valence-electron chi connectivity index (χ2n) is 6.49. The molecule has 0 spiro atoms. The van der Waals surface area contributed by atoms with Gasteiger partial charge in [-0.15, -0.1) is 0 Å². The Morgan fingerprint density at radius 1 is 1.32 bits per heavy atom. The number of carbonyl (C=O) groups excluding carboxylic acids is 1. The Hall–Kier alpha value is -2.22. The van der Waals surface area contributed by atoms with Crippen LogP contribution >= 0.6 is 11.8 Å². The number of benzene rings is 1. The summed E-state index contributed by atoms with van der Waals surface area (Å²) in [4.78, 5) is 27.2. The maximum Gasteiger partial charge on any atom is 0.407 e. The highest BCUT2D eigenvalue weighted by molar-refractivity contribution is 7.99. The lowest BCUT2D eigenvalue weighted by Gasteiger charge is -2.19. The number of thioether (sulfide) groups is 1. The molecule has 25 heavy (non-hydrogen) atoms. The van der Waals surface area contributed by atoms with Crippen molar-refractivity contribution in [2.45, 2.75) is 44.5 Å². The maximum absolute atomic E-state index is 11.6. The monoisotopic (exact) mass is 365 g/mol. The molecular weight excluding hydrogens is 342 g/mol. The molecule has 0 fully saturated rings. The van der Waals surface area contributed by atoms with E-state index in [0.717, 1.165) is 17.5 Å². The van der Waals surface area contributed by atoms with Gasteiger partial charge < -0.3 is 19.7 Å². The number of alkyl carbamates (subject to hydrolysis) is 1. The van der Waals surface area contributed by atoms with Gasteiger partial charge in [-0.2, -0.15) is 0 Å². The topological polar surface area (TPSA) is 93.5 Å². The van der Waals surface area contributed by atoms with Crippen LogP contribution in [0, 0.1) is 0 Å². The lowest BCUT2D eigenvalue weighted by molar-refractivity contribution is -0.137. The molecule has 0 radical (unpaired) electrons. The molecule has 2 aromatic rings.